The highest BCUT2D eigenvalue weighted by Crippen LogP contribution is 2.50. The molecule has 0 N–H and O–H groups in total. The maximum Gasteiger partial charge on any atom is 0.230 e. The van der Waals surface area contributed by atoms with Gasteiger partial charge in [0.25, 0.3) is 0 Å². The van der Waals surface area contributed by atoms with Crippen LogP contribution < -0.4 is 14.4 Å². The molecule has 1 aliphatic heterocycles. The second-order valence-electron chi connectivity index (χ2n) is 9.97. The smallest absolute Gasteiger partial charge is 0.230 e. The highest BCUT2D eigenvalue weighted by atomic mass is 16.5. The van der Waals surface area contributed by atoms with Gasteiger partial charge in [-0.25, -0.2) is 19.2 Å². The van der Waals surface area contributed by atoms with E-state index in [1.807, 2.05) is 80.3 Å². The number of aryl methyl sites for hydroxylation is 1. The molecule has 0 aliphatic carbocycles. The molecule has 0 saturated carbocycles. The Balaban J connectivity index is 1.44. The summed E-state index contributed by atoms with van der Waals surface area (Å²) >= 11 is 0. The second kappa shape index (κ2) is 9.23. The Kier molecular flexibility index (Phi) is 5.52. The van der Waals surface area contributed by atoms with Crippen LogP contribution in [0.25, 0.3) is 22.7 Å². The predicted molar refractivity (Wildman–Crippen MR) is 153 cm³/mol. The molecule has 1 aliphatic rings. The summed E-state index contributed by atoms with van der Waals surface area (Å²) in [4.78, 5) is 11.8. The lowest BCUT2D eigenvalue weighted by atomic mass is 9.84. The highest BCUT2D eigenvalue weighted by Gasteiger charge is 2.38. The first-order valence-corrected chi connectivity index (χ1v) is 13.0. The molecule has 6 aromatic rings. The number of rotatable bonds is 5. The van der Waals surface area contributed by atoms with Crippen molar-refractivity contribution in [2.45, 2.75) is 12.8 Å². The summed E-state index contributed by atoms with van der Waals surface area (Å²) in [6, 6.07) is 26.3. The third-order valence-corrected chi connectivity index (χ3v) is 7.31. The predicted octanol–water partition coefficient (Wildman–Crippen LogP) is 5.65. The molecule has 0 saturated heterocycles. The Labute approximate surface area is 231 Å². The lowest BCUT2D eigenvalue weighted by Gasteiger charge is -2.26. The fourth-order valence-electron chi connectivity index (χ4n) is 5.28. The molecule has 0 radical (unpaired) electrons. The van der Waals surface area contributed by atoms with Crippen LogP contribution in [0.2, 0.25) is 0 Å². The number of methoxy groups -OCH3 is 1. The molecule has 1 atom stereocenters. The van der Waals surface area contributed by atoms with Crippen molar-refractivity contribution >= 4 is 11.3 Å². The summed E-state index contributed by atoms with van der Waals surface area (Å²) in [5.74, 6) is 2.31. The fraction of sp³-hybridized carbons (Fsp3) is 0.161. The van der Waals surface area contributed by atoms with Crippen LogP contribution in [0.15, 0.2) is 85.2 Å². The Morgan fingerprint density at radius 1 is 0.875 bits per heavy atom. The van der Waals surface area contributed by atoms with Gasteiger partial charge in [0.05, 0.1) is 35.5 Å². The summed E-state index contributed by atoms with van der Waals surface area (Å²) in [6.07, 6.45) is 1.66. The minimum absolute atomic E-state index is 0.230. The van der Waals surface area contributed by atoms with Crippen molar-refractivity contribution in [3.63, 3.8) is 0 Å². The van der Waals surface area contributed by atoms with Crippen molar-refractivity contribution in [1.82, 2.24) is 29.4 Å². The van der Waals surface area contributed by atoms with Crippen LogP contribution >= 0.6 is 0 Å². The van der Waals surface area contributed by atoms with Crippen molar-refractivity contribution in [3.8, 4) is 34.6 Å². The van der Waals surface area contributed by atoms with Crippen LogP contribution in [-0.2, 0) is 0 Å². The Morgan fingerprint density at radius 2 is 1.62 bits per heavy atom. The molecule has 0 bridgehead atoms. The van der Waals surface area contributed by atoms with Crippen molar-refractivity contribution in [1.29, 1.82) is 0 Å². The summed E-state index contributed by atoms with van der Waals surface area (Å²) in [6.45, 7) is 2.01. The second-order valence-corrected chi connectivity index (χ2v) is 9.97. The maximum atomic E-state index is 6.52. The quantitative estimate of drug-likeness (QED) is 0.285. The van der Waals surface area contributed by atoms with Crippen LogP contribution in [0, 0.1) is 6.92 Å². The molecule has 9 heteroatoms. The first kappa shape index (κ1) is 23.9. The Bertz CT molecular complexity index is 1840. The number of fused-ring (bicyclic) bond motifs is 4. The monoisotopic (exact) mass is 529 g/mol. The average molecular weight is 530 g/mol. The number of hydrogen-bond donors (Lipinski definition) is 0. The Hall–Kier alpha value is -5.18. The van der Waals surface area contributed by atoms with Crippen LogP contribution in [0.1, 0.15) is 28.3 Å². The molecular formula is C31H27N7O2. The maximum absolute atomic E-state index is 6.52. The van der Waals surface area contributed by atoms with E-state index in [2.05, 4.69) is 29.2 Å². The third-order valence-electron chi connectivity index (χ3n) is 7.31. The van der Waals surface area contributed by atoms with Gasteiger partial charge in [0.1, 0.15) is 12.1 Å². The molecule has 0 spiro atoms. The zero-order valence-corrected chi connectivity index (χ0v) is 22.6. The largest absolute Gasteiger partial charge is 0.497 e. The first-order valence-electron chi connectivity index (χ1n) is 13.0. The van der Waals surface area contributed by atoms with E-state index in [-0.39, 0.29) is 5.92 Å². The van der Waals surface area contributed by atoms with Gasteiger partial charge in [-0.05, 0) is 61.0 Å². The van der Waals surface area contributed by atoms with Gasteiger partial charge in [0, 0.05) is 25.3 Å². The van der Waals surface area contributed by atoms with Crippen molar-refractivity contribution in [2.24, 2.45) is 0 Å². The van der Waals surface area contributed by atoms with E-state index in [4.69, 9.17) is 29.6 Å². The number of para-hydroxylation sites is 1. The zero-order chi connectivity index (χ0) is 27.4. The molecule has 3 aromatic carbocycles. The summed E-state index contributed by atoms with van der Waals surface area (Å²) < 4.78 is 15.5. The molecule has 3 aromatic heterocycles. The number of nitrogens with zero attached hydrogens (tertiary/aromatic N) is 7. The van der Waals surface area contributed by atoms with Gasteiger partial charge in [0.2, 0.25) is 11.8 Å². The van der Waals surface area contributed by atoms with Crippen LogP contribution in [0.5, 0.6) is 17.5 Å². The van der Waals surface area contributed by atoms with Gasteiger partial charge in [-0.1, -0.05) is 30.3 Å². The van der Waals surface area contributed by atoms with E-state index in [1.165, 1.54) is 0 Å². The van der Waals surface area contributed by atoms with Gasteiger partial charge < -0.3 is 14.4 Å². The van der Waals surface area contributed by atoms with Crippen molar-refractivity contribution < 1.29 is 9.47 Å². The number of anilines is 1. The van der Waals surface area contributed by atoms with E-state index in [0.29, 0.717) is 23.2 Å². The van der Waals surface area contributed by atoms with Gasteiger partial charge >= 0.3 is 0 Å². The van der Waals surface area contributed by atoms with Crippen molar-refractivity contribution in [3.05, 3.63) is 108 Å². The highest BCUT2D eigenvalue weighted by molar-refractivity contribution is 5.69. The third kappa shape index (κ3) is 3.78. The summed E-state index contributed by atoms with van der Waals surface area (Å²) in [7, 11) is 5.71. The number of hydrogen-bond acceptors (Lipinski definition) is 7. The number of ether oxygens (including phenoxy) is 2. The van der Waals surface area contributed by atoms with Gasteiger partial charge in [-0.3, -0.25) is 0 Å². The van der Waals surface area contributed by atoms with E-state index < -0.39 is 0 Å². The molecule has 7 rings (SSSR count). The SMILES string of the molecule is COc1ccc([C@H]2c3c(C)nn(-c4ccccc4)c3Oc3ncn4nc(-c5ccc(N(C)C)cc5)nc4c32)cc1. The topological polar surface area (TPSA) is 82.6 Å². The lowest BCUT2D eigenvalue weighted by molar-refractivity contribution is 0.402. The van der Waals surface area contributed by atoms with Crippen LogP contribution in [0.4, 0.5) is 5.69 Å². The minimum atomic E-state index is -0.230. The molecule has 0 unspecified atom stereocenters. The number of aromatic nitrogens is 6. The molecule has 9 nitrogen and oxygen atoms in total. The Morgan fingerprint density at radius 3 is 2.33 bits per heavy atom. The van der Waals surface area contributed by atoms with E-state index >= 15 is 0 Å². The fourth-order valence-corrected chi connectivity index (χ4v) is 5.28. The van der Waals surface area contributed by atoms with Gasteiger partial charge in [-0.15, -0.1) is 5.10 Å². The molecular weight excluding hydrogens is 502 g/mol. The van der Waals surface area contributed by atoms with Crippen LogP contribution in [-0.4, -0.2) is 50.6 Å². The van der Waals surface area contributed by atoms with Crippen molar-refractivity contribution in [2.75, 3.05) is 26.1 Å². The molecule has 198 valence electrons. The zero-order valence-electron chi connectivity index (χ0n) is 22.6. The first-order chi connectivity index (χ1) is 19.5. The summed E-state index contributed by atoms with van der Waals surface area (Å²) in [5, 5.41) is 9.69. The normalized spacial score (nSPS) is 13.9. The standard InChI is InChI=1S/C31H27N7O2/c1-19-25-26(20-12-16-24(39-4)17-13-20)27-29-33-28(21-10-14-22(15-11-21)36(2)3)35-37(29)18-32-30(27)40-31(25)38(34-19)23-8-6-5-7-9-23/h5-18,26H,1-4H3/t26-/m0/s1. The van der Waals surface area contributed by atoms with Gasteiger partial charge in [0.15, 0.2) is 11.5 Å². The van der Waals surface area contributed by atoms with E-state index in [1.54, 1.807) is 18.0 Å². The lowest BCUT2D eigenvalue weighted by Crippen LogP contribution is -2.16. The molecule has 4 heterocycles. The minimum Gasteiger partial charge on any atom is -0.497 e. The number of benzene rings is 3. The molecule has 40 heavy (non-hydrogen) atoms. The summed E-state index contributed by atoms with van der Waals surface area (Å²) in [5.41, 5.74) is 7.37. The van der Waals surface area contributed by atoms with Gasteiger partial charge in [-0.2, -0.15) is 5.10 Å². The van der Waals surface area contributed by atoms with E-state index in [0.717, 1.165) is 45.1 Å². The average Bonchev–Trinajstić information content (AvgIpc) is 3.58. The van der Waals surface area contributed by atoms with E-state index in [9.17, 15) is 0 Å². The van der Waals surface area contributed by atoms with Crippen LogP contribution in [0.3, 0.4) is 0 Å². The molecule has 0 amide bonds. The molecule has 0 fully saturated rings.